The van der Waals surface area contributed by atoms with Crippen LogP contribution in [0.5, 0.6) is 5.75 Å². The molecule has 1 N–H and O–H groups in total. The van der Waals surface area contributed by atoms with Gasteiger partial charge in [0.15, 0.2) is 0 Å². The van der Waals surface area contributed by atoms with Crippen molar-refractivity contribution in [2.75, 3.05) is 20.7 Å². The molecule has 0 aromatic heterocycles. The van der Waals surface area contributed by atoms with Gasteiger partial charge in [-0.1, -0.05) is 24.3 Å². The number of likely N-dealkylation sites (N-methyl/N-ethyl adjacent to an activating group) is 1. The third-order valence-electron chi connectivity index (χ3n) is 3.24. The Morgan fingerprint density at radius 2 is 1.71 bits per heavy atom. The first-order valence-corrected chi connectivity index (χ1v) is 6.87. The van der Waals surface area contributed by atoms with Gasteiger partial charge in [0.05, 0.1) is 19.8 Å². The molecule has 21 heavy (non-hydrogen) atoms. The Kier molecular flexibility index (Phi) is 5.72. The number of ether oxygens (including phenoxy) is 2. The van der Waals surface area contributed by atoms with E-state index in [1.54, 1.807) is 19.2 Å². The minimum absolute atomic E-state index is 0.113. The normalized spacial score (nSPS) is 12.1. The zero-order valence-electron chi connectivity index (χ0n) is 12.3. The van der Waals surface area contributed by atoms with E-state index in [0.29, 0.717) is 13.2 Å². The van der Waals surface area contributed by atoms with Crippen LogP contribution in [0.2, 0.25) is 0 Å². The lowest BCUT2D eigenvalue weighted by molar-refractivity contribution is 0.0410. The summed E-state index contributed by atoms with van der Waals surface area (Å²) in [5, 5.41) is 3.10. The van der Waals surface area contributed by atoms with Crippen molar-refractivity contribution >= 4 is 0 Å². The van der Waals surface area contributed by atoms with E-state index in [9.17, 15) is 4.39 Å². The molecule has 0 fully saturated rings. The van der Waals surface area contributed by atoms with Gasteiger partial charge in [-0.25, -0.2) is 4.39 Å². The van der Waals surface area contributed by atoms with Crippen LogP contribution in [0.15, 0.2) is 48.5 Å². The summed E-state index contributed by atoms with van der Waals surface area (Å²) < 4.78 is 24.1. The van der Waals surface area contributed by atoms with Crippen molar-refractivity contribution in [3.05, 3.63) is 65.5 Å². The smallest absolute Gasteiger partial charge is 0.123 e. The monoisotopic (exact) mass is 289 g/mol. The maximum absolute atomic E-state index is 13.0. The van der Waals surface area contributed by atoms with Crippen LogP contribution in [0.3, 0.4) is 0 Å². The molecule has 0 heterocycles. The lowest BCUT2D eigenvalue weighted by Crippen LogP contribution is -2.19. The molecule has 2 aromatic carbocycles. The summed E-state index contributed by atoms with van der Waals surface area (Å²) in [5.74, 6) is 0.584. The van der Waals surface area contributed by atoms with E-state index >= 15 is 0 Å². The molecular weight excluding hydrogens is 269 g/mol. The molecule has 0 aliphatic rings. The molecule has 0 spiro atoms. The summed E-state index contributed by atoms with van der Waals surface area (Å²) >= 11 is 0. The fourth-order valence-corrected chi connectivity index (χ4v) is 2.05. The van der Waals surface area contributed by atoms with Crippen molar-refractivity contribution in [2.45, 2.75) is 12.7 Å². The molecule has 0 amide bonds. The Balaban J connectivity index is 2.00. The van der Waals surface area contributed by atoms with Crippen molar-refractivity contribution in [1.29, 1.82) is 0 Å². The summed E-state index contributed by atoms with van der Waals surface area (Å²) in [4.78, 5) is 0. The highest BCUT2D eigenvalue weighted by Crippen LogP contribution is 2.20. The van der Waals surface area contributed by atoms with Gasteiger partial charge in [-0.15, -0.1) is 0 Å². The molecule has 4 heteroatoms. The largest absolute Gasteiger partial charge is 0.497 e. The number of hydrogen-bond acceptors (Lipinski definition) is 3. The van der Waals surface area contributed by atoms with Gasteiger partial charge >= 0.3 is 0 Å². The van der Waals surface area contributed by atoms with Crippen LogP contribution in [-0.4, -0.2) is 20.7 Å². The number of hydrogen-bond donors (Lipinski definition) is 1. The SMILES string of the molecule is CNCC(OCc1ccc(OC)cc1)c1ccc(F)cc1. The Labute approximate surface area is 124 Å². The molecule has 1 unspecified atom stereocenters. The van der Waals surface area contributed by atoms with Crippen LogP contribution < -0.4 is 10.1 Å². The van der Waals surface area contributed by atoms with Gasteiger partial charge in [0.1, 0.15) is 11.6 Å². The number of methoxy groups -OCH3 is 1. The predicted octanol–water partition coefficient (Wildman–Crippen LogP) is 3.31. The van der Waals surface area contributed by atoms with Crippen molar-refractivity contribution < 1.29 is 13.9 Å². The van der Waals surface area contributed by atoms with Crippen LogP contribution in [0, 0.1) is 5.82 Å². The molecule has 0 saturated heterocycles. The lowest BCUT2D eigenvalue weighted by Gasteiger charge is -2.18. The summed E-state index contributed by atoms with van der Waals surface area (Å²) in [5.41, 5.74) is 2.03. The number of nitrogens with one attached hydrogen (secondary N) is 1. The number of benzene rings is 2. The first-order chi connectivity index (χ1) is 10.2. The van der Waals surface area contributed by atoms with E-state index in [4.69, 9.17) is 9.47 Å². The summed E-state index contributed by atoms with van der Waals surface area (Å²) in [6.45, 7) is 1.16. The molecule has 0 aliphatic carbocycles. The average molecular weight is 289 g/mol. The van der Waals surface area contributed by atoms with Gasteiger partial charge in [-0.2, -0.15) is 0 Å². The van der Waals surface area contributed by atoms with Crippen molar-refractivity contribution in [1.82, 2.24) is 5.32 Å². The molecule has 0 radical (unpaired) electrons. The van der Waals surface area contributed by atoms with E-state index < -0.39 is 0 Å². The number of halogens is 1. The zero-order valence-corrected chi connectivity index (χ0v) is 12.3. The summed E-state index contributed by atoms with van der Waals surface area (Å²) in [6.07, 6.45) is -0.113. The first kappa shape index (κ1) is 15.5. The molecular formula is C17H20FNO2. The Morgan fingerprint density at radius 1 is 1.05 bits per heavy atom. The van der Waals surface area contributed by atoms with E-state index in [2.05, 4.69) is 5.32 Å². The summed E-state index contributed by atoms with van der Waals surface area (Å²) in [6, 6.07) is 14.2. The molecule has 0 saturated carbocycles. The van der Waals surface area contributed by atoms with E-state index in [-0.39, 0.29) is 11.9 Å². The Bertz CT molecular complexity index is 540. The molecule has 0 aliphatic heterocycles. The minimum Gasteiger partial charge on any atom is -0.497 e. The van der Waals surface area contributed by atoms with Gasteiger partial charge in [0.2, 0.25) is 0 Å². The quantitative estimate of drug-likeness (QED) is 0.848. The fourth-order valence-electron chi connectivity index (χ4n) is 2.05. The molecule has 2 aromatic rings. The number of rotatable bonds is 7. The van der Waals surface area contributed by atoms with Crippen LogP contribution in [0.25, 0.3) is 0 Å². The Hall–Kier alpha value is -1.91. The second-order valence-corrected chi connectivity index (χ2v) is 4.76. The third kappa shape index (κ3) is 4.55. The van der Waals surface area contributed by atoms with Crippen molar-refractivity contribution in [2.24, 2.45) is 0 Å². The molecule has 3 nitrogen and oxygen atoms in total. The fraction of sp³-hybridized carbons (Fsp3) is 0.294. The van der Waals surface area contributed by atoms with Gasteiger partial charge in [0, 0.05) is 6.54 Å². The maximum Gasteiger partial charge on any atom is 0.123 e. The minimum atomic E-state index is -0.239. The second-order valence-electron chi connectivity index (χ2n) is 4.76. The van der Waals surface area contributed by atoms with Gasteiger partial charge in [-0.3, -0.25) is 0 Å². The zero-order chi connectivity index (χ0) is 15.1. The predicted molar refractivity (Wildman–Crippen MR) is 80.9 cm³/mol. The van der Waals surface area contributed by atoms with E-state index in [1.165, 1.54) is 12.1 Å². The highest BCUT2D eigenvalue weighted by Gasteiger charge is 2.11. The molecule has 2 rings (SSSR count). The highest BCUT2D eigenvalue weighted by atomic mass is 19.1. The molecule has 0 bridgehead atoms. The maximum atomic E-state index is 13.0. The standard InChI is InChI=1S/C17H20FNO2/c1-19-11-17(14-5-7-15(18)8-6-14)21-12-13-3-9-16(20-2)10-4-13/h3-10,17,19H,11-12H2,1-2H3. The van der Waals surface area contributed by atoms with Gasteiger partial charge < -0.3 is 14.8 Å². The highest BCUT2D eigenvalue weighted by molar-refractivity contribution is 5.27. The van der Waals surface area contributed by atoms with Crippen LogP contribution in [-0.2, 0) is 11.3 Å². The van der Waals surface area contributed by atoms with E-state index in [0.717, 1.165) is 16.9 Å². The van der Waals surface area contributed by atoms with E-state index in [1.807, 2.05) is 31.3 Å². The third-order valence-corrected chi connectivity index (χ3v) is 3.24. The van der Waals surface area contributed by atoms with Crippen LogP contribution in [0.1, 0.15) is 17.2 Å². The van der Waals surface area contributed by atoms with Crippen molar-refractivity contribution in [3.63, 3.8) is 0 Å². The van der Waals surface area contributed by atoms with Gasteiger partial charge in [-0.05, 0) is 42.4 Å². The molecule has 112 valence electrons. The van der Waals surface area contributed by atoms with Crippen LogP contribution >= 0.6 is 0 Å². The Morgan fingerprint density at radius 3 is 2.29 bits per heavy atom. The molecule has 1 atom stereocenters. The van der Waals surface area contributed by atoms with Crippen molar-refractivity contribution in [3.8, 4) is 5.75 Å². The summed E-state index contributed by atoms with van der Waals surface area (Å²) in [7, 11) is 3.51. The van der Waals surface area contributed by atoms with Gasteiger partial charge in [0.25, 0.3) is 0 Å². The lowest BCUT2D eigenvalue weighted by atomic mass is 10.1. The first-order valence-electron chi connectivity index (χ1n) is 6.87. The average Bonchev–Trinajstić information content (AvgIpc) is 2.53. The van der Waals surface area contributed by atoms with Crippen LogP contribution in [0.4, 0.5) is 4.39 Å². The second kappa shape index (κ2) is 7.76. The topological polar surface area (TPSA) is 30.5 Å².